The van der Waals surface area contributed by atoms with Crippen molar-refractivity contribution in [3.05, 3.63) is 67.0 Å². The van der Waals surface area contributed by atoms with Gasteiger partial charge in [-0.3, -0.25) is 19.2 Å². The van der Waals surface area contributed by atoms with Gasteiger partial charge in [-0.15, -0.1) is 6.58 Å². The summed E-state index contributed by atoms with van der Waals surface area (Å²) in [5.41, 5.74) is 3.16. The molecule has 1 aliphatic rings. The van der Waals surface area contributed by atoms with Crippen LogP contribution in [0.2, 0.25) is 0 Å². The summed E-state index contributed by atoms with van der Waals surface area (Å²) in [4.78, 5) is 21.5. The number of imidazole rings is 1. The number of piperazine rings is 1. The zero-order valence-corrected chi connectivity index (χ0v) is 18.0. The van der Waals surface area contributed by atoms with Crippen molar-refractivity contribution in [2.45, 2.75) is 6.54 Å². The van der Waals surface area contributed by atoms with Gasteiger partial charge in [0, 0.05) is 38.4 Å². The number of nitrogens with one attached hydrogen (secondary N) is 1. The Kier molecular flexibility index (Phi) is 6.64. The lowest BCUT2D eigenvalue weighted by Crippen LogP contribution is -2.49. The molecule has 162 valence electrons. The Bertz CT molecular complexity index is 1040. The third-order valence-corrected chi connectivity index (χ3v) is 5.60. The van der Waals surface area contributed by atoms with Gasteiger partial charge in [-0.25, -0.2) is 4.98 Å². The first kappa shape index (κ1) is 21.1. The van der Waals surface area contributed by atoms with E-state index in [0.717, 1.165) is 61.0 Å². The summed E-state index contributed by atoms with van der Waals surface area (Å²) in [5.74, 6) is 1.90. The van der Waals surface area contributed by atoms with E-state index in [9.17, 15) is 4.79 Å². The van der Waals surface area contributed by atoms with E-state index in [1.165, 1.54) is 0 Å². The van der Waals surface area contributed by atoms with E-state index in [-0.39, 0.29) is 5.91 Å². The van der Waals surface area contributed by atoms with Crippen LogP contribution in [0.5, 0.6) is 5.75 Å². The van der Waals surface area contributed by atoms with Gasteiger partial charge in [0.1, 0.15) is 11.6 Å². The molecule has 0 saturated carbocycles. The van der Waals surface area contributed by atoms with Crippen molar-refractivity contribution in [2.24, 2.45) is 0 Å². The topological polar surface area (TPSA) is 62.6 Å². The fraction of sp³-hybridized carbons (Fsp3) is 0.333. The molecule has 2 heterocycles. The standard InChI is InChI=1S/C24H29N5O2/c1-3-12-25-24(30)18-28-15-13-27(14-16-28)17-23-26-21-6-4-5-7-22(21)29(23)19-8-10-20(31-2)11-9-19/h3-11H,1,12-18H2,2H3,(H,25,30). The van der Waals surface area contributed by atoms with E-state index in [2.05, 4.69) is 50.5 Å². The van der Waals surface area contributed by atoms with E-state index in [1.807, 2.05) is 24.3 Å². The number of nitrogens with zero attached hydrogens (tertiary/aromatic N) is 4. The van der Waals surface area contributed by atoms with Crippen molar-refractivity contribution in [3.8, 4) is 11.4 Å². The number of methoxy groups -OCH3 is 1. The molecule has 0 atom stereocenters. The Morgan fingerprint density at radius 2 is 1.81 bits per heavy atom. The molecule has 7 heteroatoms. The third kappa shape index (κ3) is 4.95. The van der Waals surface area contributed by atoms with Crippen LogP contribution < -0.4 is 10.1 Å². The molecule has 1 saturated heterocycles. The second-order valence-corrected chi connectivity index (χ2v) is 7.70. The molecule has 0 radical (unpaired) electrons. The number of para-hydroxylation sites is 2. The molecule has 2 aromatic carbocycles. The van der Waals surface area contributed by atoms with Crippen molar-refractivity contribution in [1.29, 1.82) is 0 Å². The van der Waals surface area contributed by atoms with Gasteiger partial charge in [0.25, 0.3) is 0 Å². The summed E-state index contributed by atoms with van der Waals surface area (Å²) in [5, 5.41) is 2.84. The van der Waals surface area contributed by atoms with Crippen molar-refractivity contribution in [2.75, 3.05) is 46.4 Å². The molecule has 0 unspecified atom stereocenters. The van der Waals surface area contributed by atoms with Gasteiger partial charge in [0.05, 0.1) is 31.2 Å². The van der Waals surface area contributed by atoms with Gasteiger partial charge < -0.3 is 10.1 Å². The summed E-state index contributed by atoms with van der Waals surface area (Å²) in [6, 6.07) is 16.3. The number of ether oxygens (including phenoxy) is 1. The van der Waals surface area contributed by atoms with Crippen LogP contribution in [-0.4, -0.2) is 71.6 Å². The third-order valence-electron chi connectivity index (χ3n) is 5.60. The quantitative estimate of drug-likeness (QED) is 0.569. The number of benzene rings is 2. The SMILES string of the molecule is C=CCNC(=O)CN1CCN(Cc2nc3ccccc3n2-c2ccc(OC)cc2)CC1. The minimum Gasteiger partial charge on any atom is -0.497 e. The molecule has 1 fully saturated rings. The van der Waals surface area contributed by atoms with Crippen molar-refractivity contribution < 1.29 is 9.53 Å². The van der Waals surface area contributed by atoms with Crippen LogP contribution in [0, 0.1) is 0 Å². The normalized spacial score (nSPS) is 15.1. The highest BCUT2D eigenvalue weighted by molar-refractivity contribution is 5.78. The van der Waals surface area contributed by atoms with Gasteiger partial charge >= 0.3 is 0 Å². The Balaban J connectivity index is 1.48. The van der Waals surface area contributed by atoms with Crippen LogP contribution in [0.25, 0.3) is 16.7 Å². The summed E-state index contributed by atoms with van der Waals surface area (Å²) in [7, 11) is 1.68. The largest absolute Gasteiger partial charge is 0.497 e. The molecule has 4 rings (SSSR count). The maximum absolute atomic E-state index is 12.0. The van der Waals surface area contributed by atoms with Gasteiger partial charge in [0.15, 0.2) is 0 Å². The minimum atomic E-state index is 0.0506. The second kappa shape index (κ2) is 9.76. The molecule has 31 heavy (non-hydrogen) atoms. The number of rotatable bonds is 8. The van der Waals surface area contributed by atoms with E-state index >= 15 is 0 Å². The fourth-order valence-corrected chi connectivity index (χ4v) is 3.95. The lowest BCUT2D eigenvalue weighted by molar-refractivity contribution is -0.122. The van der Waals surface area contributed by atoms with Gasteiger partial charge in [0.2, 0.25) is 5.91 Å². The molecule has 1 aliphatic heterocycles. The first-order chi connectivity index (χ1) is 15.2. The zero-order chi connectivity index (χ0) is 21.6. The lowest BCUT2D eigenvalue weighted by Gasteiger charge is -2.34. The highest BCUT2D eigenvalue weighted by atomic mass is 16.5. The molecule has 0 spiro atoms. The van der Waals surface area contributed by atoms with Crippen LogP contribution in [0.15, 0.2) is 61.2 Å². The number of amides is 1. The van der Waals surface area contributed by atoms with Gasteiger partial charge in [-0.1, -0.05) is 18.2 Å². The first-order valence-corrected chi connectivity index (χ1v) is 10.6. The van der Waals surface area contributed by atoms with Crippen LogP contribution in [-0.2, 0) is 11.3 Å². The number of carbonyl (C=O) groups is 1. The maximum Gasteiger partial charge on any atom is 0.234 e. The highest BCUT2D eigenvalue weighted by Gasteiger charge is 2.21. The van der Waals surface area contributed by atoms with Crippen molar-refractivity contribution in [1.82, 2.24) is 24.7 Å². The predicted octanol–water partition coefficient (Wildman–Crippen LogP) is 2.45. The van der Waals surface area contributed by atoms with Gasteiger partial charge in [-0.05, 0) is 36.4 Å². The minimum absolute atomic E-state index is 0.0506. The summed E-state index contributed by atoms with van der Waals surface area (Å²) < 4.78 is 7.54. The van der Waals surface area contributed by atoms with E-state index in [1.54, 1.807) is 13.2 Å². The van der Waals surface area contributed by atoms with Crippen LogP contribution in [0.4, 0.5) is 0 Å². The van der Waals surface area contributed by atoms with Crippen molar-refractivity contribution in [3.63, 3.8) is 0 Å². The molecule has 1 amide bonds. The monoisotopic (exact) mass is 419 g/mol. The number of hydrogen-bond donors (Lipinski definition) is 1. The van der Waals surface area contributed by atoms with E-state index in [4.69, 9.17) is 9.72 Å². The van der Waals surface area contributed by atoms with Gasteiger partial charge in [-0.2, -0.15) is 0 Å². The van der Waals surface area contributed by atoms with Crippen molar-refractivity contribution >= 4 is 16.9 Å². The number of carbonyl (C=O) groups excluding carboxylic acids is 1. The number of fused-ring (bicyclic) bond motifs is 1. The molecular weight excluding hydrogens is 390 g/mol. The Morgan fingerprint density at radius 1 is 1.10 bits per heavy atom. The Morgan fingerprint density at radius 3 is 2.52 bits per heavy atom. The van der Waals surface area contributed by atoms with Crippen LogP contribution in [0.1, 0.15) is 5.82 Å². The molecule has 0 aliphatic carbocycles. The number of aromatic nitrogens is 2. The summed E-state index contributed by atoms with van der Waals surface area (Å²) >= 11 is 0. The first-order valence-electron chi connectivity index (χ1n) is 10.6. The smallest absolute Gasteiger partial charge is 0.234 e. The molecule has 7 nitrogen and oxygen atoms in total. The fourth-order valence-electron chi connectivity index (χ4n) is 3.95. The molecular formula is C24H29N5O2. The van der Waals surface area contributed by atoms with Crippen LogP contribution >= 0.6 is 0 Å². The van der Waals surface area contributed by atoms with Crippen LogP contribution in [0.3, 0.4) is 0 Å². The average molecular weight is 420 g/mol. The highest BCUT2D eigenvalue weighted by Crippen LogP contribution is 2.24. The summed E-state index contributed by atoms with van der Waals surface area (Å²) in [6.07, 6.45) is 1.70. The maximum atomic E-state index is 12.0. The predicted molar refractivity (Wildman–Crippen MR) is 123 cm³/mol. The van der Waals surface area contributed by atoms with E-state index < -0.39 is 0 Å². The summed E-state index contributed by atoms with van der Waals surface area (Å²) in [6.45, 7) is 8.88. The molecule has 1 N–H and O–H groups in total. The average Bonchev–Trinajstić information content (AvgIpc) is 3.17. The zero-order valence-electron chi connectivity index (χ0n) is 18.0. The molecule has 0 bridgehead atoms. The lowest BCUT2D eigenvalue weighted by atomic mass is 10.2. The molecule has 3 aromatic rings. The molecule has 1 aromatic heterocycles. The second-order valence-electron chi connectivity index (χ2n) is 7.70. The van der Waals surface area contributed by atoms with E-state index in [0.29, 0.717) is 13.1 Å². The Labute approximate surface area is 182 Å². The number of hydrogen-bond acceptors (Lipinski definition) is 5. The Hall–Kier alpha value is -3.16.